The van der Waals surface area contributed by atoms with Gasteiger partial charge in [0.1, 0.15) is 11.6 Å². The number of hydrogen-bond acceptors (Lipinski definition) is 5. The first-order valence-electron chi connectivity index (χ1n) is 7.52. The second-order valence-corrected chi connectivity index (χ2v) is 5.44. The second-order valence-electron chi connectivity index (χ2n) is 5.44. The van der Waals surface area contributed by atoms with Crippen LogP contribution in [-0.4, -0.2) is 28.9 Å². The maximum atomic E-state index is 13.1. The smallest absolute Gasteiger partial charge is 0.231 e. The quantitative estimate of drug-likeness (QED) is 0.731. The van der Waals surface area contributed by atoms with Crippen LogP contribution in [0.1, 0.15) is 5.56 Å². The molecule has 126 valence electrons. The molecule has 0 aliphatic carbocycles. The molecular weight excluding hydrogens is 321 g/mol. The first-order chi connectivity index (χ1) is 12.0. The Bertz CT molecular complexity index is 943. The lowest BCUT2D eigenvalue weighted by atomic mass is 10.1. The topological polar surface area (TPSA) is 67.0 Å². The zero-order valence-electron chi connectivity index (χ0n) is 14.1. The molecule has 1 heterocycles. The van der Waals surface area contributed by atoms with Crippen LogP contribution < -0.4 is 9.64 Å². The van der Waals surface area contributed by atoms with Crippen molar-refractivity contribution in [3.8, 4) is 23.2 Å². The monoisotopic (exact) mass is 337 g/mol. The van der Waals surface area contributed by atoms with Crippen LogP contribution in [0.5, 0.6) is 5.75 Å². The van der Waals surface area contributed by atoms with E-state index in [9.17, 15) is 4.39 Å². The summed E-state index contributed by atoms with van der Waals surface area (Å²) in [7, 11) is 5.21. The van der Waals surface area contributed by atoms with Gasteiger partial charge in [-0.15, -0.1) is 10.2 Å². The Kier molecular flexibility index (Phi) is 4.35. The fourth-order valence-corrected chi connectivity index (χ4v) is 2.57. The number of anilines is 2. The van der Waals surface area contributed by atoms with Crippen LogP contribution in [-0.2, 0) is 7.05 Å². The highest BCUT2D eigenvalue weighted by atomic mass is 19.1. The minimum atomic E-state index is -0.293. The minimum Gasteiger partial charge on any atom is -0.496 e. The van der Waals surface area contributed by atoms with E-state index in [1.165, 1.54) is 12.1 Å². The molecule has 1 aromatic heterocycles. The zero-order valence-corrected chi connectivity index (χ0v) is 14.1. The van der Waals surface area contributed by atoms with E-state index < -0.39 is 0 Å². The summed E-state index contributed by atoms with van der Waals surface area (Å²) < 4.78 is 20.3. The van der Waals surface area contributed by atoms with Crippen LogP contribution in [0.3, 0.4) is 0 Å². The lowest BCUT2D eigenvalue weighted by Crippen LogP contribution is -2.14. The fourth-order valence-electron chi connectivity index (χ4n) is 2.57. The Balaban J connectivity index is 2.02. The van der Waals surface area contributed by atoms with Crippen molar-refractivity contribution in [3.63, 3.8) is 0 Å². The normalized spacial score (nSPS) is 10.4. The number of ether oxygens (including phenoxy) is 1. The molecule has 0 saturated carbocycles. The van der Waals surface area contributed by atoms with Gasteiger partial charge >= 0.3 is 0 Å². The maximum absolute atomic E-state index is 13.1. The van der Waals surface area contributed by atoms with Gasteiger partial charge in [0.15, 0.2) is 5.82 Å². The van der Waals surface area contributed by atoms with Crippen molar-refractivity contribution in [1.82, 2.24) is 14.8 Å². The van der Waals surface area contributed by atoms with Crippen molar-refractivity contribution >= 4 is 11.6 Å². The van der Waals surface area contributed by atoms with E-state index in [0.717, 1.165) is 11.3 Å². The summed E-state index contributed by atoms with van der Waals surface area (Å²) in [6.07, 6.45) is 0. The van der Waals surface area contributed by atoms with Gasteiger partial charge in [0, 0.05) is 19.8 Å². The van der Waals surface area contributed by atoms with Gasteiger partial charge in [-0.25, -0.2) is 4.39 Å². The third-order valence-corrected chi connectivity index (χ3v) is 3.94. The molecule has 25 heavy (non-hydrogen) atoms. The molecule has 0 unspecified atom stereocenters. The van der Waals surface area contributed by atoms with Crippen molar-refractivity contribution in [3.05, 3.63) is 53.8 Å². The number of methoxy groups -OCH3 is 1. The van der Waals surface area contributed by atoms with Gasteiger partial charge in [-0.3, -0.25) is 4.57 Å². The Labute approximate surface area is 144 Å². The molecule has 0 bridgehead atoms. The van der Waals surface area contributed by atoms with E-state index >= 15 is 0 Å². The van der Waals surface area contributed by atoms with Crippen molar-refractivity contribution in [1.29, 1.82) is 5.26 Å². The number of halogens is 1. The second kappa shape index (κ2) is 6.61. The molecule has 0 fully saturated rings. The van der Waals surface area contributed by atoms with Crippen LogP contribution in [0.4, 0.5) is 16.0 Å². The Morgan fingerprint density at radius 2 is 1.88 bits per heavy atom. The van der Waals surface area contributed by atoms with Crippen LogP contribution in [0.25, 0.3) is 11.4 Å². The summed E-state index contributed by atoms with van der Waals surface area (Å²) >= 11 is 0. The lowest BCUT2D eigenvalue weighted by Gasteiger charge is -2.18. The number of benzene rings is 2. The Morgan fingerprint density at radius 3 is 2.52 bits per heavy atom. The molecule has 0 N–H and O–H groups in total. The Morgan fingerprint density at radius 1 is 1.16 bits per heavy atom. The molecule has 6 nitrogen and oxygen atoms in total. The van der Waals surface area contributed by atoms with E-state index in [0.29, 0.717) is 23.1 Å². The van der Waals surface area contributed by atoms with Gasteiger partial charge in [0.2, 0.25) is 5.95 Å². The summed E-state index contributed by atoms with van der Waals surface area (Å²) in [6, 6.07) is 13.4. The van der Waals surface area contributed by atoms with E-state index in [2.05, 4.69) is 16.3 Å². The molecule has 0 atom stereocenters. The third kappa shape index (κ3) is 3.02. The number of rotatable bonds is 4. The van der Waals surface area contributed by atoms with Gasteiger partial charge in [-0.2, -0.15) is 5.26 Å². The lowest BCUT2D eigenvalue weighted by molar-refractivity contribution is 0.416. The van der Waals surface area contributed by atoms with Crippen molar-refractivity contribution in [2.75, 3.05) is 19.1 Å². The zero-order chi connectivity index (χ0) is 18.0. The van der Waals surface area contributed by atoms with E-state index in [4.69, 9.17) is 10.00 Å². The minimum absolute atomic E-state index is 0.293. The maximum Gasteiger partial charge on any atom is 0.231 e. The van der Waals surface area contributed by atoms with Gasteiger partial charge in [0.05, 0.1) is 24.3 Å². The molecule has 2 aromatic carbocycles. The van der Waals surface area contributed by atoms with Gasteiger partial charge < -0.3 is 9.64 Å². The van der Waals surface area contributed by atoms with Crippen molar-refractivity contribution in [2.24, 2.45) is 7.05 Å². The summed E-state index contributed by atoms with van der Waals surface area (Å²) in [5.41, 5.74) is 2.02. The molecule has 0 aliphatic heterocycles. The summed E-state index contributed by atoms with van der Waals surface area (Å²) in [5.74, 6) is 1.45. The van der Waals surface area contributed by atoms with Gasteiger partial charge in [-0.05, 0) is 42.5 Å². The van der Waals surface area contributed by atoms with Crippen LogP contribution >= 0.6 is 0 Å². The average molecular weight is 337 g/mol. The van der Waals surface area contributed by atoms with Crippen LogP contribution in [0, 0.1) is 17.1 Å². The van der Waals surface area contributed by atoms with Crippen LogP contribution in [0.2, 0.25) is 0 Å². The summed E-state index contributed by atoms with van der Waals surface area (Å²) in [5, 5.41) is 17.5. The molecule has 7 heteroatoms. The molecule has 0 aliphatic rings. The molecular formula is C18H16FN5O. The van der Waals surface area contributed by atoms with Gasteiger partial charge in [0.25, 0.3) is 0 Å². The average Bonchev–Trinajstić information content (AvgIpc) is 3.02. The van der Waals surface area contributed by atoms with Crippen LogP contribution in [0.15, 0.2) is 42.5 Å². The summed E-state index contributed by atoms with van der Waals surface area (Å²) in [6.45, 7) is 0. The standard InChI is InChI=1S/C18H16FN5O/c1-23(14-7-5-13(19)6-8-14)18-22-21-17(24(18)2)15-9-4-12(11-20)10-16(15)25-3/h4-10H,1-3H3. The molecule has 0 saturated heterocycles. The largest absolute Gasteiger partial charge is 0.496 e. The van der Waals surface area contributed by atoms with Crippen molar-refractivity contribution < 1.29 is 9.13 Å². The number of hydrogen-bond donors (Lipinski definition) is 0. The molecule has 0 radical (unpaired) electrons. The SMILES string of the molecule is COc1cc(C#N)ccc1-c1nnc(N(C)c2ccc(F)cc2)n1C. The molecule has 0 spiro atoms. The highest BCUT2D eigenvalue weighted by Crippen LogP contribution is 2.32. The number of aromatic nitrogens is 3. The predicted octanol–water partition coefficient (Wildman–Crippen LogP) is 3.27. The first kappa shape index (κ1) is 16.5. The van der Waals surface area contributed by atoms with E-state index in [-0.39, 0.29) is 5.82 Å². The fraction of sp³-hybridized carbons (Fsp3) is 0.167. The van der Waals surface area contributed by atoms with Gasteiger partial charge in [-0.1, -0.05) is 0 Å². The molecule has 3 aromatic rings. The Hall–Kier alpha value is -3.40. The predicted molar refractivity (Wildman–Crippen MR) is 92.2 cm³/mol. The first-order valence-corrected chi connectivity index (χ1v) is 7.52. The highest BCUT2D eigenvalue weighted by molar-refractivity contribution is 5.68. The van der Waals surface area contributed by atoms with E-state index in [1.807, 2.05) is 23.6 Å². The molecule has 3 rings (SSSR count). The number of nitrogens with zero attached hydrogens (tertiary/aromatic N) is 5. The third-order valence-electron chi connectivity index (χ3n) is 3.94. The number of nitriles is 1. The highest BCUT2D eigenvalue weighted by Gasteiger charge is 2.18. The van der Waals surface area contributed by atoms with E-state index in [1.54, 1.807) is 37.4 Å². The molecule has 0 amide bonds. The van der Waals surface area contributed by atoms with Crippen molar-refractivity contribution in [2.45, 2.75) is 0 Å². The summed E-state index contributed by atoms with van der Waals surface area (Å²) in [4.78, 5) is 1.81.